The van der Waals surface area contributed by atoms with Gasteiger partial charge in [0.05, 0.1) is 8.80 Å². The lowest BCUT2D eigenvalue weighted by Gasteiger charge is -1.98. The SMILES string of the molecule is CN/C=C(\I)[SiH](C)C. The zero-order chi connectivity index (χ0) is 6.57. The van der Waals surface area contributed by atoms with Gasteiger partial charge in [-0.2, -0.15) is 0 Å². The van der Waals surface area contributed by atoms with Crippen LogP contribution in [0.3, 0.4) is 0 Å². The van der Waals surface area contributed by atoms with Crippen LogP contribution in [-0.2, 0) is 0 Å². The van der Waals surface area contributed by atoms with Gasteiger partial charge in [-0.1, -0.05) is 35.7 Å². The first-order chi connectivity index (χ1) is 3.68. The summed E-state index contributed by atoms with van der Waals surface area (Å²) in [6.45, 7) is 4.63. The van der Waals surface area contributed by atoms with E-state index in [1.165, 1.54) is 3.20 Å². The Hall–Kier alpha value is 0.487. The highest BCUT2D eigenvalue weighted by molar-refractivity contribution is 14.1. The van der Waals surface area contributed by atoms with E-state index in [1.807, 2.05) is 7.05 Å². The molecule has 0 saturated heterocycles. The fourth-order valence-corrected chi connectivity index (χ4v) is 1.12. The highest BCUT2D eigenvalue weighted by Gasteiger charge is 1.96. The van der Waals surface area contributed by atoms with Crippen LogP contribution < -0.4 is 5.32 Å². The number of nitrogens with one attached hydrogen (secondary N) is 1. The van der Waals surface area contributed by atoms with E-state index in [1.54, 1.807) is 0 Å². The Balaban J connectivity index is 3.61. The fraction of sp³-hybridized carbons (Fsp3) is 0.600. The van der Waals surface area contributed by atoms with Gasteiger partial charge >= 0.3 is 0 Å². The van der Waals surface area contributed by atoms with Crippen molar-refractivity contribution < 1.29 is 0 Å². The topological polar surface area (TPSA) is 12.0 Å². The number of rotatable bonds is 2. The number of hydrogen-bond acceptors (Lipinski definition) is 1. The van der Waals surface area contributed by atoms with E-state index >= 15 is 0 Å². The van der Waals surface area contributed by atoms with E-state index in [4.69, 9.17) is 0 Å². The van der Waals surface area contributed by atoms with E-state index in [-0.39, 0.29) is 0 Å². The first-order valence-corrected chi connectivity index (χ1v) is 6.68. The van der Waals surface area contributed by atoms with Crippen LogP contribution in [0.15, 0.2) is 9.40 Å². The molecule has 0 aliphatic heterocycles. The number of halogens is 1. The van der Waals surface area contributed by atoms with Crippen molar-refractivity contribution in [2.75, 3.05) is 7.05 Å². The first-order valence-electron chi connectivity index (χ1n) is 2.71. The average molecular weight is 241 g/mol. The molecule has 0 heterocycles. The third-order valence-electron chi connectivity index (χ3n) is 0.834. The monoisotopic (exact) mass is 241 g/mol. The molecule has 0 atom stereocenters. The largest absolute Gasteiger partial charge is 0.394 e. The van der Waals surface area contributed by atoms with E-state index in [0.29, 0.717) is 0 Å². The summed E-state index contributed by atoms with van der Waals surface area (Å²) >= 11 is 2.39. The zero-order valence-corrected chi connectivity index (χ0v) is 8.84. The molecule has 0 aliphatic rings. The van der Waals surface area contributed by atoms with Crippen LogP contribution in [0.25, 0.3) is 0 Å². The van der Waals surface area contributed by atoms with Gasteiger partial charge in [-0.05, 0) is 3.20 Å². The molecule has 1 N–H and O–H groups in total. The van der Waals surface area contributed by atoms with Crippen LogP contribution in [0.4, 0.5) is 0 Å². The molecule has 0 aromatic heterocycles. The van der Waals surface area contributed by atoms with E-state index in [0.717, 1.165) is 0 Å². The van der Waals surface area contributed by atoms with Crippen molar-refractivity contribution in [3.05, 3.63) is 9.40 Å². The first kappa shape index (κ1) is 8.49. The highest BCUT2D eigenvalue weighted by atomic mass is 127. The fourth-order valence-electron chi connectivity index (χ4n) is 0.305. The van der Waals surface area contributed by atoms with Gasteiger partial charge in [-0.3, -0.25) is 0 Å². The molecule has 0 aromatic rings. The lowest BCUT2D eigenvalue weighted by atomic mass is 11.0. The Morgan fingerprint density at radius 3 is 2.25 bits per heavy atom. The molecular formula is C5H12INSi. The molecule has 48 valence electrons. The summed E-state index contributed by atoms with van der Waals surface area (Å²) in [5, 5.41) is 3.01. The van der Waals surface area contributed by atoms with Crippen molar-refractivity contribution in [2.45, 2.75) is 13.1 Å². The molecular weight excluding hydrogens is 229 g/mol. The van der Waals surface area contributed by atoms with Gasteiger partial charge < -0.3 is 5.32 Å². The molecule has 0 rings (SSSR count). The molecule has 0 fully saturated rings. The van der Waals surface area contributed by atoms with Gasteiger partial charge in [0.2, 0.25) is 0 Å². The van der Waals surface area contributed by atoms with E-state index in [9.17, 15) is 0 Å². The summed E-state index contributed by atoms with van der Waals surface area (Å²) in [5.41, 5.74) is 0. The number of hydrogen-bond donors (Lipinski definition) is 1. The Morgan fingerprint density at radius 2 is 2.12 bits per heavy atom. The van der Waals surface area contributed by atoms with Crippen LogP contribution >= 0.6 is 22.6 Å². The van der Waals surface area contributed by atoms with Gasteiger partial charge in [-0.25, -0.2) is 0 Å². The molecule has 0 amide bonds. The van der Waals surface area contributed by atoms with Crippen LogP contribution in [0.1, 0.15) is 0 Å². The van der Waals surface area contributed by atoms with Crippen LogP contribution in [0, 0.1) is 0 Å². The summed E-state index contributed by atoms with van der Waals surface area (Å²) in [7, 11) is 1.44. The van der Waals surface area contributed by atoms with Crippen LogP contribution in [-0.4, -0.2) is 15.8 Å². The van der Waals surface area contributed by atoms with E-state index in [2.05, 4.69) is 47.2 Å². The zero-order valence-electron chi connectivity index (χ0n) is 5.53. The van der Waals surface area contributed by atoms with Crippen molar-refractivity contribution >= 4 is 31.4 Å². The summed E-state index contributed by atoms with van der Waals surface area (Å²) < 4.78 is 1.50. The van der Waals surface area contributed by atoms with Crippen molar-refractivity contribution in [3.8, 4) is 0 Å². The smallest absolute Gasteiger partial charge is 0.0745 e. The molecule has 0 unspecified atom stereocenters. The lowest BCUT2D eigenvalue weighted by molar-refractivity contribution is 1.10. The van der Waals surface area contributed by atoms with Crippen molar-refractivity contribution in [3.63, 3.8) is 0 Å². The maximum Gasteiger partial charge on any atom is 0.0745 e. The van der Waals surface area contributed by atoms with Gasteiger partial charge in [-0.15, -0.1) is 0 Å². The third kappa shape index (κ3) is 3.48. The van der Waals surface area contributed by atoms with Gasteiger partial charge in [0, 0.05) is 13.2 Å². The molecule has 0 aliphatic carbocycles. The van der Waals surface area contributed by atoms with Crippen molar-refractivity contribution in [1.29, 1.82) is 0 Å². The standard InChI is InChI=1S/C5H12INSi/c1-7-4-5(6)8(2)3/h4,7-8H,1-3H3/b5-4+. The average Bonchev–Trinajstić information content (AvgIpc) is 1.67. The van der Waals surface area contributed by atoms with Crippen molar-refractivity contribution in [1.82, 2.24) is 5.32 Å². The summed E-state index contributed by atoms with van der Waals surface area (Å²) in [6.07, 6.45) is 2.08. The molecule has 3 heteroatoms. The highest BCUT2D eigenvalue weighted by Crippen LogP contribution is 2.07. The second-order valence-electron chi connectivity index (χ2n) is 1.97. The molecule has 0 radical (unpaired) electrons. The quantitative estimate of drug-likeness (QED) is 0.570. The lowest BCUT2D eigenvalue weighted by Crippen LogP contribution is -2.04. The minimum Gasteiger partial charge on any atom is -0.394 e. The van der Waals surface area contributed by atoms with Crippen LogP contribution in [0.5, 0.6) is 0 Å². The molecule has 1 nitrogen and oxygen atoms in total. The normalized spacial score (nSPS) is 12.4. The predicted octanol–water partition coefficient (Wildman–Crippen LogP) is 1.51. The Bertz CT molecular complexity index is 90.4. The van der Waals surface area contributed by atoms with Gasteiger partial charge in [0.15, 0.2) is 0 Å². The van der Waals surface area contributed by atoms with Gasteiger partial charge in [0.25, 0.3) is 0 Å². The molecule has 8 heavy (non-hydrogen) atoms. The summed E-state index contributed by atoms with van der Waals surface area (Å²) in [6, 6.07) is 0. The maximum atomic E-state index is 3.01. The summed E-state index contributed by atoms with van der Waals surface area (Å²) in [4.78, 5) is 0. The van der Waals surface area contributed by atoms with E-state index < -0.39 is 8.80 Å². The molecule has 0 bridgehead atoms. The second-order valence-corrected chi connectivity index (χ2v) is 7.32. The minimum atomic E-state index is -0.497. The maximum absolute atomic E-state index is 3.01. The minimum absolute atomic E-state index is 0.497. The van der Waals surface area contributed by atoms with Crippen LogP contribution in [0.2, 0.25) is 13.1 Å². The predicted molar refractivity (Wildman–Crippen MR) is 50.0 cm³/mol. The van der Waals surface area contributed by atoms with Gasteiger partial charge in [0.1, 0.15) is 0 Å². The Labute approximate surface area is 66.3 Å². The molecule has 0 saturated carbocycles. The summed E-state index contributed by atoms with van der Waals surface area (Å²) in [5.74, 6) is 0. The Kier molecular flexibility index (Phi) is 4.64. The second kappa shape index (κ2) is 4.37. The molecule has 0 spiro atoms. The Morgan fingerprint density at radius 1 is 1.62 bits per heavy atom. The molecule has 0 aromatic carbocycles. The van der Waals surface area contributed by atoms with Crippen molar-refractivity contribution in [2.24, 2.45) is 0 Å². The third-order valence-corrected chi connectivity index (χ3v) is 6.15.